The predicted octanol–water partition coefficient (Wildman–Crippen LogP) is 3.13. The molecule has 0 bridgehead atoms. The third-order valence-electron chi connectivity index (χ3n) is 4.22. The fourth-order valence-electron chi connectivity index (χ4n) is 2.67. The average molecular weight is 386 g/mol. The Hall–Kier alpha value is -3.04. The van der Waals surface area contributed by atoms with Crippen molar-refractivity contribution in [3.63, 3.8) is 0 Å². The number of nitrogens with zero attached hydrogens (tertiary/aromatic N) is 3. The molecule has 1 unspecified atom stereocenters. The molecule has 140 valence electrons. The molecule has 1 N–H and O–H groups in total. The van der Waals surface area contributed by atoms with Crippen molar-refractivity contribution in [2.45, 2.75) is 24.8 Å². The molecule has 0 amide bonds. The molecule has 8 nitrogen and oxygen atoms in total. The summed E-state index contributed by atoms with van der Waals surface area (Å²) in [6.07, 6.45) is 5.16. The van der Waals surface area contributed by atoms with Crippen molar-refractivity contribution in [3.8, 4) is 5.69 Å². The van der Waals surface area contributed by atoms with Gasteiger partial charge in [-0.3, -0.25) is 10.1 Å². The molecule has 0 aliphatic carbocycles. The van der Waals surface area contributed by atoms with E-state index in [9.17, 15) is 18.5 Å². The molecule has 1 aromatic heterocycles. The maximum Gasteiger partial charge on any atom is 0.273 e. The summed E-state index contributed by atoms with van der Waals surface area (Å²) < 4.78 is 29.6. The van der Waals surface area contributed by atoms with Gasteiger partial charge < -0.3 is 4.57 Å². The van der Waals surface area contributed by atoms with Gasteiger partial charge in [-0.2, -0.15) is 0 Å². The normalized spacial score (nSPS) is 12.7. The van der Waals surface area contributed by atoms with E-state index < -0.39 is 21.0 Å². The van der Waals surface area contributed by atoms with Crippen LogP contribution < -0.4 is 4.72 Å². The fourth-order valence-corrected chi connectivity index (χ4v) is 3.92. The van der Waals surface area contributed by atoms with Gasteiger partial charge in [0.1, 0.15) is 0 Å². The molecule has 0 fully saturated rings. The SMILES string of the molecule is Cc1ccc(S(=O)(=O)NC(C)c2ccc(-n3ccnc3)cc2)cc1[N+](=O)[O-]. The highest BCUT2D eigenvalue weighted by atomic mass is 32.2. The van der Waals surface area contributed by atoms with Gasteiger partial charge in [0.2, 0.25) is 10.0 Å². The summed E-state index contributed by atoms with van der Waals surface area (Å²) >= 11 is 0. The summed E-state index contributed by atoms with van der Waals surface area (Å²) in [5.41, 5.74) is 1.85. The maximum absolute atomic E-state index is 12.6. The van der Waals surface area contributed by atoms with E-state index in [1.165, 1.54) is 12.1 Å². The van der Waals surface area contributed by atoms with Crippen molar-refractivity contribution < 1.29 is 13.3 Å². The average Bonchev–Trinajstić information content (AvgIpc) is 3.16. The van der Waals surface area contributed by atoms with Gasteiger partial charge in [-0.1, -0.05) is 18.2 Å². The number of nitro benzene ring substituents is 1. The maximum atomic E-state index is 12.6. The predicted molar refractivity (Wildman–Crippen MR) is 100 cm³/mol. The zero-order valence-corrected chi connectivity index (χ0v) is 15.6. The van der Waals surface area contributed by atoms with E-state index in [-0.39, 0.29) is 10.6 Å². The summed E-state index contributed by atoms with van der Waals surface area (Å²) in [5, 5.41) is 11.1. The number of nitrogens with one attached hydrogen (secondary N) is 1. The third kappa shape index (κ3) is 4.04. The quantitative estimate of drug-likeness (QED) is 0.517. The second-order valence-corrected chi connectivity index (χ2v) is 7.82. The number of aromatic nitrogens is 2. The Morgan fingerprint density at radius 3 is 2.48 bits per heavy atom. The molecular formula is C18H18N4O4S. The number of hydrogen-bond acceptors (Lipinski definition) is 5. The molecule has 3 aromatic rings. The van der Waals surface area contributed by atoms with E-state index in [0.717, 1.165) is 17.3 Å². The van der Waals surface area contributed by atoms with Crippen molar-refractivity contribution in [1.29, 1.82) is 0 Å². The second kappa shape index (κ2) is 7.29. The van der Waals surface area contributed by atoms with Crippen LogP contribution in [-0.2, 0) is 10.0 Å². The van der Waals surface area contributed by atoms with Crippen LogP contribution in [-0.4, -0.2) is 22.9 Å². The number of nitro groups is 1. The van der Waals surface area contributed by atoms with Crippen LogP contribution in [0, 0.1) is 17.0 Å². The molecule has 0 saturated heterocycles. The Kier molecular flexibility index (Phi) is 5.06. The highest BCUT2D eigenvalue weighted by Gasteiger charge is 2.22. The van der Waals surface area contributed by atoms with Crippen molar-refractivity contribution in [3.05, 3.63) is 82.4 Å². The summed E-state index contributed by atoms with van der Waals surface area (Å²) in [4.78, 5) is 14.3. The number of imidazole rings is 1. The Morgan fingerprint density at radius 1 is 1.19 bits per heavy atom. The van der Waals surface area contributed by atoms with Crippen LogP contribution >= 0.6 is 0 Å². The number of hydrogen-bond donors (Lipinski definition) is 1. The van der Waals surface area contributed by atoms with Crippen molar-refractivity contribution >= 4 is 15.7 Å². The summed E-state index contributed by atoms with van der Waals surface area (Å²) in [6, 6.07) is 10.7. The van der Waals surface area contributed by atoms with E-state index in [4.69, 9.17) is 0 Å². The highest BCUT2D eigenvalue weighted by Crippen LogP contribution is 2.24. The van der Waals surface area contributed by atoms with E-state index >= 15 is 0 Å². The third-order valence-corrected chi connectivity index (χ3v) is 5.75. The molecule has 2 aromatic carbocycles. The largest absolute Gasteiger partial charge is 0.306 e. The van der Waals surface area contributed by atoms with Gasteiger partial charge in [-0.25, -0.2) is 18.1 Å². The van der Waals surface area contributed by atoms with E-state index in [0.29, 0.717) is 5.56 Å². The van der Waals surface area contributed by atoms with Crippen molar-refractivity contribution in [2.24, 2.45) is 0 Å². The van der Waals surface area contributed by atoms with Crippen LogP contribution in [0.5, 0.6) is 0 Å². The number of sulfonamides is 1. The first-order valence-electron chi connectivity index (χ1n) is 8.13. The summed E-state index contributed by atoms with van der Waals surface area (Å²) in [6.45, 7) is 3.28. The lowest BCUT2D eigenvalue weighted by Gasteiger charge is -2.15. The summed E-state index contributed by atoms with van der Waals surface area (Å²) in [7, 11) is -3.90. The van der Waals surface area contributed by atoms with Gasteiger partial charge in [0.25, 0.3) is 5.69 Å². The lowest BCUT2D eigenvalue weighted by Crippen LogP contribution is -2.27. The van der Waals surface area contributed by atoms with Crippen LogP contribution in [0.2, 0.25) is 0 Å². The first-order valence-corrected chi connectivity index (χ1v) is 9.62. The van der Waals surface area contributed by atoms with Crippen molar-refractivity contribution in [1.82, 2.24) is 14.3 Å². The van der Waals surface area contributed by atoms with Gasteiger partial charge >= 0.3 is 0 Å². The molecule has 0 radical (unpaired) electrons. The molecule has 0 aliphatic rings. The zero-order chi connectivity index (χ0) is 19.6. The topological polar surface area (TPSA) is 107 Å². The van der Waals surface area contributed by atoms with E-state index in [1.807, 2.05) is 35.0 Å². The molecule has 3 rings (SSSR count). The van der Waals surface area contributed by atoms with Gasteiger partial charge in [-0.05, 0) is 37.6 Å². The molecule has 1 heterocycles. The standard InChI is InChI=1S/C18H18N4O4S/c1-13-3-8-17(11-18(13)22(23)24)27(25,26)20-14(2)15-4-6-16(7-5-15)21-10-9-19-12-21/h3-12,14,20H,1-2H3. The second-order valence-electron chi connectivity index (χ2n) is 6.11. The molecule has 0 spiro atoms. The minimum absolute atomic E-state index is 0.137. The van der Waals surface area contributed by atoms with Gasteiger partial charge in [-0.15, -0.1) is 0 Å². The minimum Gasteiger partial charge on any atom is -0.306 e. The lowest BCUT2D eigenvalue weighted by atomic mass is 10.1. The molecule has 9 heteroatoms. The van der Waals surface area contributed by atoms with Crippen LogP contribution in [0.3, 0.4) is 0 Å². The van der Waals surface area contributed by atoms with Crippen LogP contribution in [0.1, 0.15) is 24.1 Å². The zero-order valence-electron chi connectivity index (χ0n) is 14.7. The highest BCUT2D eigenvalue weighted by molar-refractivity contribution is 7.89. The van der Waals surface area contributed by atoms with Gasteiger partial charge in [0.05, 0.1) is 16.1 Å². The Labute approximate surface area is 156 Å². The Morgan fingerprint density at radius 2 is 1.89 bits per heavy atom. The molecule has 0 saturated carbocycles. The minimum atomic E-state index is -3.90. The molecule has 0 aliphatic heterocycles. The Balaban J connectivity index is 1.81. The molecule has 1 atom stereocenters. The lowest BCUT2D eigenvalue weighted by molar-refractivity contribution is -0.385. The monoisotopic (exact) mass is 386 g/mol. The number of rotatable bonds is 6. The van der Waals surface area contributed by atoms with Crippen LogP contribution in [0.25, 0.3) is 5.69 Å². The Bertz CT molecular complexity index is 1060. The number of benzene rings is 2. The van der Waals surface area contributed by atoms with Crippen molar-refractivity contribution in [2.75, 3.05) is 0 Å². The fraction of sp³-hybridized carbons (Fsp3) is 0.167. The van der Waals surface area contributed by atoms with Crippen LogP contribution in [0.4, 0.5) is 5.69 Å². The van der Waals surface area contributed by atoms with E-state index in [1.54, 1.807) is 26.4 Å². The van der Waals surface area contributed by atoms with Gasteiger partial charge in [0.15, 0.2) is 0 Å². The number of aryl methyl sites for hydroxylation is 1. The van der Waals surface area contributed by atoms with Gasteiger partial charge in [0, 0.05) is 35.8 Å². The van der Waals surface area contributed by atoms with E-state index in [2.05, 4.69) is 9.71 Å². The summed E-state index contributed by atoms with van der Waals surface area (Å²) in [5.74, 6) is 0. The molecule has 27 heavy (non-hydrogen) atoms. The molecular weight excluding hydrogens is 368 g/mol. The first kappa shape index (κ1) is 18.7. The first-order chi connectivity index (χ1) is 12.8. The van der Waals surface area contributed by atoms with Crippen LogP contribution in [0.15, 0.2) is 66.1 Å². The smallest absolute Gasteiger partial charge is 0.273 e.